The van der Waals surface area contributed by atoms with Gasteiger partial charge < -0.3 is 18.9 Å². The fourth-order valence-electron chi connectivity index (χ4n) is 5.43. The number of aromatic nitrogens is 5. The Morgan fingerprint density at radius 3 is 2.22 bits per heavy atom. The molecule has 9 nitrogen and oxygen atoms in total. The highest BCUT2D eigenvalue weighted by Crippen LogP contribution is 2.42. The molecule has 6 aromatic rings. The van der Waals surface area contributed by atoms with Crippen molar-refractivity contribution in [3.8, 4) is 28.0 Å². The highest BCUT2D eigenvalue weighted by Gasteiger charge is 2.36. The van der Waals surface area contributed by atoms with Crippen molar-refractivity contribution in [2.24, 2.45) is 0 Å². The lowest BCUT2D eigenvalue weighted by Crippen LogP contribution is -2.34. The minimum absolute atomic E-state index is 0.145. The van der Waals surface area contributed by atoms with Crippen LogP contribution in [0, 0.1) is 13.8 Å². The monoisotopic (exact) mass is 545 g/mol. The maximum absolute atomic E-state index is 11.9. The molecule has 0 atom stereocenters. The van der Waals surface area contributed by atoms with Gasteiger partial charge in [0, 0.05) is 47.0 Å². The molecule has 0 bridgehead atoms. The fraction of sp³-hybridized carbons (Fsp3) is 0.156. The molecule has 0 unspecified atom stereocenters. The molecule has 5 aromatic heterocycles. The molecule has 0 spiro atoms. The van der Waals surface area contributed by atoms with Crippen molar-refractivity contribution in [2.45, 2.75) is 26.3 Å². The number of aromatic carboxylic acids is 1. The van der Waals surface area contributed by atoms with E-state index in [9.17, 15) is 9.90 Å². The Kier molecular flexibility index (Phi) is 6.34. The van der Waals surface area contributed by atoms with Crippen molar-refractivity contribution in [1.29, 1.82) is 0 Å². The number of carboxylic acids is 1. The fourth-order valence-corrected chi connectivity index (χ4v) is 5.43. The average molecular weight is 546 g/mol. The third kappa shape index (κ3) is 4.22. The number of pyridine rings is 3. The zero-order valence-corrected chi connectivity index (χ0v) is 23.0. The first-order chi connectivity index (χ1) is 19.8. The van der Waals surface area contributed by atoms with Crippen LogP contribution in [0.15, 0.2) is 90.0 Å². The van der Waals surface area contributed by atoms with Crippen LogP contribution in [0.1, 0.15) is 40.1 Å². The number of hydrogen-bond acceptors (Lipinski definition) is 7. The van der Waals surface area contributed by atoms with E-state index in [-0.39, 0.29) is 5.56 Å². The molecule has 0 amide bonds. The van der Waals surface area contributed by atoms with Gasteiger partial charge in [0.25, 0.3) is 0 Å². The molecular formula is C32H27N5O4. The Morgan fingerprint density at radius 1 is 0.951 bits per heavy atom. The number of ether oxygens (including phenoxy) is 1. The van der Waals surface area contributed by atoms with Crippen molar-refractivity contribution in [1.82, 2.24) is 24.7 Å². The first kappa shape index (κ1) is 25.9. The minimum atomic E-state index is -1.03. The molecule has 1 N–H and O–H groups in total. The van der Waals surface area contributed by atoms with Crippen molar-refractivity contribution in [2.75, 3.05) is 7.11 Å². The van der Waals surface area contributed by atoms with E-state index in [0.29, 0.717) is 28.2 Å². The number of carboxylic acid groups (broad SMARTS) is 1. The van der Waals surface area contributed by atoms with E-state index in [1.807, 2.05) is 56.4 Å². The van der Waals surface area contributed by atoms with E-state index >= 15 is 0 Å². The molecule has 1 aromatic carbocycles. The van der Waals surface area contributed by atoms with E-state index in [0.717, 1.165) is 33.7 Å². The van der Waals surface area contributed by atoms with Crippen molar-refractivity contribution >= 4 is 17.0 Å². The second-order valence-corrected chi connectivity index (χ2v) is 9.93. The van der Waals surface area contributed by atoms with Crippen LogP contribution >= 0.6 is 0 Å². The Morgan fingerprint density at radius 2 is 1.66 bits per heavy atom. The number of hydrogen-bond donors (Lipinski definition) is 1. The summed E-state index contributed by atoms with van der Waals surface area (Å²) in [5.41, 5.74) is 6.08. The molecule has 5 heterocycles. The number of fused-ring (bicyclic) bond motifs is 1. The molecular weight excluding hydrogens is 518 g/mol. The maximum Gasteiger partial charge on any atom is 0.335 e. The molecule has 0 aliphatic heterocycles. The van der Waals surface area contributed by atoms with Gasteiger partial charge in [0.1, 0.15) is 17.0 Å². The predicted molar refractivity (Wildman–Crippen MR) is 154 cm³/mol. The van der Waals surface area contributed by atoms with Gasteiger partial charge >= 0.3 is 5.97 Å². The van der Waals surface area contributed by atoms with Crippen molar-refractivity contribution in [3.63, 3.8) is 0 Å². The Balaban J connectivity index is 1.73. The van der Waals surface area contributed by atoms with Gasteiger partial charge in [-0.15, -0.1) is 0 Å². The Labute approximate surface area is 236 Å². The summed E-state index contributed by atoms with van der Waals surface area (Å²) in [4.78, 5) is 26.4. The number of methoxy groups -OCH3 is 1. The third-order valence-corrected chi connectivity index (χ3v) is 7.51. The van der Waals surface area contributed by atoms with E-state index in [1.165, 1.54) is 6.07 Å². The lowest BCUT2D eigenvalue weighted by molar-refractivity contribution is 0.0697. The average Bonchev–Trinajstić information content (AvgIpc) is 3.56. The summed E-state index contributed by atoms with van der Waals surface area (Å²) in [6.45, 7) is 5.83. The zero-order valence-electron chi connectivity index (χ0n) is 23.0. The normalized spacial score (nSPS) is 11.6. The topological polar surface area (TPSA) is 116 Å². The largest absolute Gasteiger partial charge is 0.496 e. The van der Waals surface area contributed by atoms with Crippen molar-refractivity contribution < 1.29 is 19.2 Å². The van der Waals surface area contributed by atoms with Crippen LogP contribution in [0.2, 0.25) is 0 Å². The minimum Gasteiger partial charge on any atom is -0.496 e. The van der Waals surface area contributed by atoms with Crippen LogP contribution in [0.3, 0.4) is 0 Å². The van der Waals surface area contributed by atoms with Crippen LogP contribution in [-0.2, 0) is 5.54 Å². The van der Waals surface area contributed by atoms with Crippen LogP contribution in [0.4, 0.5) is 0 Å². The molecule has 0 aliphatic rings. The lowest BCUT2D eigenvalue weighted by atomic mass is 9.91. The molecule has 41 heavy (non-hydrogen) atoms. The van der Waals surface area contributed by atoms with Crippen LogP contribution in [0.5, 0.6) is 5.75 Å². The van der Waals surface area contributed by atoms with Gasteiger partial charge in [-0.1, -0.05) is 17.3 Å². The SMILES string of the molecule is COc1ccc(C(=O)O)cc1-c1cn(C(C)(c2ccccn2)c2ccccn2)c2cc(-c3c(C)noc3C)cnc12. The van der Waals surface area contributed by atoms with Gasteiger partial charge in [-0.05, 0) is 69.3 Å². The van der Waals surface area contributed by atoms with E-state index in [2.05, 4.69) is 22.7 Å². The zero-order chi connectivity index (χ0) is 28.7. The molecule has 9 heteroatoms. The van der Waals surface area contributed by atoms with Crippen LogP contribution < -0.4 is 4.74 Å². The first-order valence-electron chi connectivity index (χ1n) is 13.0. The van der Waals surface area contributed by atoms with E-state index < -0.39 is 11.5 Å². The second-order valence-electron chi connectivity index (χ2n) is 9.93. The molecule has 0 saturated carbocycles. The summed E-state index contributed by atoms with van der Waals surface area (Å²) in [7, 11) is 1.56. The highest BCUT2D eigenvalue weighted by molar-refractivity contribution is 5.99. The first-order valence-corrected chi connectivity index (χ1v) is 13.0. The highest BCUT2D eigenvalue weighted by atomic mass is 16.5. The third-order valence-electron chi connectivity index (χ3n) is 7.51. The second kappa shape index (κ2) is 10.0. The summed E-state index contributed by atoms with van der Waals surface area (Å²) < 4.78 is 13.2. The number of carbonyl (C=O) groups is 1. The quantitative estimate of drug-likeness (QED) is 0.249. The van der Waals surface area contributed by atoms with Gasteiger partial charge in [-0.3, -0.25) is 15.0 Å². The van der Waals surface area contributed by atoms with Gasteiger partial charge in [-0.25, -0.2) is 4.79 Å². The standard InChI is InChI=1S/C32H27N5O4/c1-19-29(20(2)41-36-19)22-16-25-30(35-17-22)24(23-15-21(31(38)39)11-12-26(23)40-4)18-37(25)32(3,27-9-5-7-13-33-27)28-10-6-8-14-34-28/h5-18H,1-4H3,(H,38,39). The number of benzene rings is 1. The smallest absolute Gasteiger partial charge is 0.335 e. The van der Waals surface area contributed by atoms with Gasteiger partial charge in [0.05, 0.1) is 40.8 Å². The summed E-state index contributed by atoms with van der Waals surface area (Å²) in [5.74, 6) is 0.191. The maximum atomic E-state index is 11.9. The van der Waals surface area contributed by atoms with E-state index in [1.54, 1.807) is 37.8 Å². The van der Waals surface area contributed by atoms with E-state index in [4.69, 9.17) is 24.2 Å². The summed E-state index contributed by atoms with van der Waals surface area (Å²) in [5, 5.41) is 13.9. The van der Waals surface area contributed by atoms with Crippen molar-refractivity contribution in [3.05, 3.63) is 114 Å². The summed E-state index contributed by atoms with van der Waals surface area (Å²) in [6, 6.07) is 18.4. The molecule has 0 radical (unpaired) electrons. The number of rotatable bonds is 7. The van der Waals surface area contributed by atoms with Gasteiger partial charge in [-0.2, -0.15) is 0 Å². The van der Waals surface area contributed by atoms with Crippen LogP contribution in [-0.4, -0.2) is 42.9 Å². The number of aryl methyl sites for hydroxylation is 2. The molecule has 0 saturated heterocycles. The molecule has 6 rings (SSSR count). The Bertz CT molecular complexity index is 1840. The molecule has 0 fully saturated rings. The lowest BCUT2D eigenvalue weighted by Gasteiger charge is -2.31. The van der Waals surface area contributed by atoms with Gasteiger partial charge in [0.15, 0.2) is 0 Å². The van der Waals surface area contributed by atoms with Crippen LogP contribution in [0.25, 0.3) is 33.3 Å². The van der Waals surface area contributed by atoms with Gasteiger partial charge in [0.2, 0.25) is 0 Å². The molecule has 204 valence electrons. The number of nitrogens with zero attached hydrogens (tertiary/aromatic N) is 5. The molecule has 0 aliphatic carbocycles. The Hall–Kier alpha value is -5.31. The summed E-state index contributed by atoms with van der Waals surface area (Å²) >= 11 is 0. The summed E-state index contributed by atoms with van der Waals surface area (Å²) in [6.07, 6.45) is 7.28. The predicted octanol–water partition coefficient (Wildman–Crippen LogP) is 6.28.